The van der Waals surface area contributed by atoms with Gasteiger partial charge in [-0.15, -0.1) is 0 Å². The number of likely N-dealkylation sites (tertiary alicyclic amines) is 1. The molecule has 2 unspecified atom stereocenters. The number of aliphatic carboxylic acids is 1. The molecule has 7 nitrogen and oxygen atoms in total. The molecule has 0 bridgehead atoms. The number of hydrogen-bond acceptors (Lipinski definition) is 4. The van der Waals surface area contributed by atoms with Gasteiger partial charge >= 0.3 is 5.97 Å². The van der Waals surface area contributed by atoms with Crippen LogP contribution >= 0.6 is 23.2 Å². The number of aliphatic hydroxyl groups excluding tert-OH is 1. The summed E-state index contributed by atoms with van der Waals surface area (Å²) in [5.41, 5.74) is 0.355. The van der Waals surface area contributed by atoms with Crippen LogP contribution < -0.4 is 4.90 Å². The number of carbonyl (C=O) groups excluding carboxylic acids is 2. The molecule has 3 aliphatic rings. The molecule has 34 heavy (non-hydrogen) atoms. The van der Waals surface area contributed by atoms with Gasteiger partial charge in [-0.1, -0.05) is 41.4 Å². The number of benzene rings is 2. The van der Waals surface area contributed by atoms with Crippen LogP contribution in [0.1, 0.15) is 42.7 Å². The Hall–Kier alpha value is -2.61. The number of carbonyl (C=O) groups is 3. The summed E-state index contributed by atoms with van der Waals surface area (Å²) in [4.78, 5) is 42.5. The van der Waals surface area contributed by atoms with Crippen molar-refractivity contribution in [3.63, 3.8) is 0 Å². The molecule has 0 aromatic heterocycles. The van der Waals surface area contributed by atoms with Crippen molar-refractivity contribution in [2.24, 2.45) is 11.8 Å². The maximum absolute atomic E-state index is 14.2. The summed E-state index contributed by atoms with van der Waals surface area (Å²) in [6, 6.07) is 12.2. The number of carboxylic acid groups (broad SMARTS) is 1. The first-order chi connectivity index (χ1) is 16.3. The molecule has 1 aliphatic carbocycles. The number of fused-ring (bicyclic) bond motifs is 2. The van der Waals surface area contributed by atoms with Gasteiger partial charge in [0.1, 0.15) is 6.73 Å². The Morgan fingerprint density at radius 1 is 1.09 bits per heavy atom. The average molecular weight is 503 g/mol. The van der Waals surface area contributed by atoms with Crippen molar-refractivity contribution in [2.75, 3.05) is 18.2 Å². The van der Waals surface area contributed by atoms with Crippen LogP contribution in [-0.4, -0.2) is 46.2 Å². The van der Waals surface area contributed by atoms with Crippen molar-refractivity contribution in [2.45, 2.75) is 37.1 Å². The Kier molecular flexibility index (Phi) is 5.82. The normalized spacial score (nSPS) is 26.3. The van der Waals surface area contributed by atoms with E-state index in [1.54, 1.807) is 41.3 Å². The summed E-state index contributed by atoms with van der Waals surface area (Å²) >= 11 is 12.6. The van der Waals surface area contributed by atoms with Gasteiger partial charge in [0, 0.05) is 34.0 Å². The summed E-state index contributed by atoms with van der Waals surface area (Å²) in [5.74, 6) is -2.92. The molecule has 1 saturated carbocycles. The largest absolute Gasteiger partial charge is 0.481 e. The molecule has 2 aliphatic heterocycles. The van der Waals surface area contributed by atoms with Crippen molar-refractivity contribution in [3.05, 3.63) is 63.6 Å². The summed E-state index contributed by atoms with van der Waals surface area (Å²) in [7, 11) is 0. The quantitative estimate of drug-likeness (QED) is 0.621. The zero-order valence-electron chi connectivity index (χ0n) is 18.3. The Bertz CT molecular complexity index is 1180. The van der Waals surface area contributed by atoms with Gasteiger partial charge in [0.15, 0.2) is 5.54 Å². The Labute approximate surface area is 206 Å². The standard InChI is InChI=1S/C25H24Cl2N2O5/c26-17-3-1-2-15(8-17)20-9-16(10-22(31)32)23(33)29(12-14-4-5-14)25(20)19-7-6-18(27)11-21(19)28(13-30)24(25)34/h1-3,6-8,11,14,16,20,30H,4-5,9-10,12-13H2,(H,31,32)/t16?,20-,25?/m1/s1. The van der Waals surface area contributed by atoms with Crippen molar-refractivity contribution >= 4 is 46.7 Å². The molecule has 0 radical (unpaired) electrons. The second-order valence-electron chi connectivity index (χ2n) is 9.33. The van der Waals surface area contributed by atoms with Gasteiger partial charge in [0.25, 0.3) is 5.91 Å². The molecule has 2 amide bonds. The fraction of sp³-hybridized carbons (Fsp3) is 0.400. The highest BCUT2D eigenvalue weighted by atomic mass is 35.5. The number of amides is 2. The van der Waals surface area contributed by atoms with Crippen molar-refractivity contribution < 1.29 is 24.6 Å². The van der Waals surface area contributed by atoms with Crippen molar-refractivity contribution in [1.82, 2.24) is 4.90 Å². The third kappa shape index (κ3) is 3.58. The van der Waals surface area contributed by atoms with Gasteiger partial charge in [0.2, 0.25) is 5.91 Å². The van der Waals surface area contributed by atoms with E-state index < -0.39 is 36.0 Å². The zero-order valence-corrected chi connectivity index (χ0v) is 19.8. The molecule has 1 spiro atoms. The van der Waals surface area contributed by atoms with Crippen LogP contribution in [0.15, 0.2) is 42.5 Å². The predicted molar refractivity (Wildman–Crippen MR) is 127 cm³/mol. The fourth-order valence-electron chi connectivity index (χ4n) is 5.63. The minimum absolute atomic E-state index is 0.166. The maximum Gasteiger partial charge on any atom is 0.304 e. The fourth-order valence-corrected chi connectivity index (χ4v) is 6.00. The highest BCUT2D eigenvalue weighted by Crippen LogP contribution is 2.58. The summed E-state index contributed by atoms with van der Waals surface area (Å²) < 4.78 is 0. The van der Waals surface area contributed by atoms with Crippen molar-refractivity contribution in [1.29, 1.82) is 0 Å². The van der Waals surface area contributed by atoms with Crippen LogP contribution in [0, 0.1) is 11.8 Å². The Balaban J connectivity index is 1.78. The van der Waals surface area contributed by atoms with E-state index in [9.17, 15) is 24.6 Å². The summed E-state index contributed by atoms with van der Waals surface area (Å²) in [6.45, 7) is -0.223. The molecular weight excluding hydrogens is 479 g/mol. The average Bonchev–Trinajstić information content (AvgIpc) is 3.57. The third-order valence-corrected chi connectivity index (χ3v) is 7.72. The van der Waals surface area contributed by atoms with Crippen LogP contribution in [0.2, 0.25) is 10.0 Å². The van der Waals surface area contributed by atoms with Gasteiger partial charge < -0.3 is 15.1 Å². The number of hydrogen-bond donors (Lipinski definition) is 2. The lowest BCUT2D eigenvalue weighted by Crippen LogP contribution is -2.64. The van der Waals surface area contributed by atoms with Crippen LogP contribution in [0.4, 0.5) is 5.69 Å². The van der Waals surface area contributed by atoms with Crippen LogP contribution in [-0.2, 0) is 19.9 Å². The zero-order chi connectivity index (χ0) is 24.2. The minimum atomic E-state index is -1.43. The molecule has 1 saturated heterocycles. The van der Waals surface area contributed by atoms with Crippen LogP contribution in [0.3, 0.4) is 0 Å². The van der Waals surface area contributed by atoms with E-state index >= 15 is 0 Å². The van der Waals surface area contributed by atoms with Crippen LogP contribution in [0.5, 0.6) is 0 Å². The number of nitrogens with zero attached hydrogens (tertiary/aromatic N) is 2. The summed E-state index contributed by atoms with van der Waals surface area (Å²) in [5, 5.41) is 20.6. The molecular formula is C25H24Cl2N2O5. The van der Waals surface area contributed by atoms with E-state index in [1.807, 2.05) is 6.07 Å². The Morgan fingerprint density at radius 2 is 1.82 bits per heavy atom. The number of halogens is 2. The molecule has 2 heterocycles. The predicted octanol–water partition coefficient (Wildman–Crippen LogP) is 4.00. The molecule has 178 valence electrons. The van der Waals surface area contributed by atoms with Gasteiger partial charge in [0.05, 0.1) is 12.1 Å². The lowest BCUT2D eigenvalue weighted by Gasteiger charge is -2.51. The molecule has 9 heteroatoms. The molecule has 3 atom stereocenters. The lowest BCUT2D eigenvalue weighted by atomic mass is 9.66. The lowest BCUT2D eigenvalue weighted by molar-refractivity contribution is -0.161. The second-order valence-corrected chi connectivity index (χ2v) is 10.2. The SMILES string of the molecule is O=C(O)CC1C[C@H](c2cccc(Cl)c2)C2(C(=O)N(CO)c3cc(Cl)ccc32)N(CC2CC2)C1=O. The summed E-state index contributed by atoms with van der Waals surface area (Å²) in [6.07, 6.45) is 1.73. The Morgan fingerprint density at radius 3 is 2.47 bits per heavy atom. The van der Waals surface area contributed by atoms with Crippen molar-refractivity contribution in [3.8, 4) is 0 Å². The van der Waals surface area contributed by atoms with E-state index in [1.165, 1.54) is 4.90 Å². The number of rotatable bonds is 6. The first-order valence-electron chi connectivity index (χ1n) is 11.3. The topological polar surface area (TPSA) is 98.2 Å². The number of carboxylic acids is 1. The number of piperidine rings is 1. The third-order valence-electron chi connectivity index (χ3n) is 7.25. The molecule has 2 fully saturated rings. The maximum atomic E-state index is 14.2. The van der Waals surface area contributed by atoms with Gasteiger partial charge in [-0.05, 0) is 55.0 Å². The number of aliphatic hydroxyl groups is 1. The van der Waals surface area contributed by atoms with E-state index in [-0.39, 0.29) is 24.7 Å². The van der Waals surface area contributed by atoms with E-state index in [4.69, 9.17) is 23.2 Å². The van der Waals surface area contributed by atoms with Gasteiger partial charge in [-0.3, -0.25) is 19.3 Å². The van der Waals surface area contributed by atoms with Crippen LogP contribution in [0.25, 0.3) is 0 Å². The van der Waals surface area contributed by atoms with E-state index in [2.05, 4.69) is 0 Å². The molecule has 2 aromatic rings. The smallest absolute Gasteiger partial charge is 0.304 e. The van der Waals surface area contributed by atoms with E-state index in [0.29, 0.717) is 27.8 Å². The van der Waals surface area contributed by atoms with E-state index in [0.717, 1.165) is 18.4 Å². The monoisotopic (exact) mass is 502 g/mol. The first-order valence-corrected chi connectivity index (χ1v) is 12.0. The first kappa shape index (κ1) is 23.1. The second kappa shape index (κ2) is 8.56. The molecule has 2 N–H and O–H groups in total. The highest BCUT2D eigenvalue weighted by Gasteiger charge is 2.64. The minimum Gasteiger partial charge on any atom is -0.481 e. The molecule has 2 aromatic carbocycles. The van der Waals surface area contributed by atoms with Gasteiger partial charge in [-0.2, -0.15) is 0 Å². The number of anilines is 1. The van der Waals surface area contributed by atoms with Gasteiger partial charge in [-0.25, -0.2) is 0 Å². The highest BCUT2D eigenvalue weighted by molar-refractivity contribution is 6.31. The molecule has 5 rings (SSSR count).